The van der Waals surface area contributed by atoms with Crippen LogP contribution in [0, 0.1) is 0 Å². The lowest BCUT2D eigenvalue weighted by molar-refractivity contribution is 0.113. The van der Waals surface area contributed by atoms with Crippen LogP contribution < -0.4 is 10.1 Å². The van der Waals surface area contributed by atoms with E-state index in [9.17, 15) is 5.11 Å². The molecule has 1 fully saturated rings. The highest BCUT2D eigenvalue weighted by Crippen LogP contribution is 2.24. The fourth-order valence-corrected chi connectivity index (χ4v) is 2.06. The number of para-hydroxylation sites is 1. The predicted octanol–water partition coefficient (Wildman–Crippen LogP) is 1.10. The second-order valence-corrected chi connectivity index (χ2v) is 5.51. The van der Waals surface area contributed by atoms with Crippen LogP contribution in [0.3, 0.4) is 0 Å². The smallest absolute Gasteiger partial charge is 0.122 e. The Morgan fingerprint density at radius 1 is 1.32 bits per heavy atom. The molecule has 2 rings (SSSR count). The number of aliphatic hydroxyl groups excluding tert-OH is 2. The molecule has 0 aromatic heterocycles. The molecule has 1 aliphatic carbocycles. The number of aliphatic hydroxyl groups is 2. The van der Waals surface area contributed by atoms with Gasteiger partial charge < -0.3 is 20.3 Å². The van der Waals surface area contributed by atoms with Crippen molar-refractivity contribution in [2.24, 2.45) is 0 Å². The monoisotopic (exact) mass is 265 g/mol. The summed E-state index contributed by atoms with van der Waals surface area (Å²) in [6, 6.07) is 8.23. The molecule has 0 heterocycles. The maximum atomic E-state index is 9.53. The lowest BCUT2D eigenvalue weighted by atomic mass is 10.1. The van der Waals surface area contributed by atoms with Gasteiger partial charge >= 0.3 is 0 Å². The molecule has 1 aromatic rings. The van der Waals surface area contributed by atoms with E-state index in [2.05, 4.69) is 5.32 Å². The summed E-state index contributed by atoms with van der Waals surface area (Å²) in [5, 5.41) is 22.0. The fraction of sp³-hybridized carbons (Fsp3) is 0.600. The van der Waals surface area contributed by atoms with Crippen molar-refractivity contribution in [3.63, 3.8) is 0 Å². The molecule has 4 heteroatoms. The highest BCUT2D eigenvalue weighted by molar-refractivity contribution is 5.33. The molecular formula is C15H23NO3. The number of hydrogen-bond acceptors (Lipinski definition) is 4. The lowest BCUT2D eigenvalue weighted by Gasteiger charge is -2.29. The van der Waals surface area contributed by atoms with Gasteiger partial charge in [0, 0.05) is 12.6 Å². The first-order valence-electron chi connectivity index (χ1n) is 6.87. The average molecular weight is 265 g/mol. The van der Waals surface area contributed by atoms with Crippen LogP contribution in [-0.4, -0.2) is 41.6 Å². The molecule has 0 bridgehead atoms. The zero-order chi connectivity index (χ0) is 13.7. The average Bonchev–Trinajstić information content (AvgIpc) is 3.22. The van der Waals surface area contributed by atoms with E-state index in [4.69, 9.17) is 9.84 Å². The number of benzene rings is 1. The summed E-state index contributed by atoms with van der Waals surface area (Å²) >= 11 is 0. The molecule has 1 aliphatic rings. The summed E-state index contributed by atoms with van der Waals surface area (Å²) in [6.45, 7) is 2.55. The molecule has 0 spiro atoms. The topological polar surface area (TPSA) is 61.7 Å². The van der Waals surface area contributed by atoms with Crippen molar-refractivity contribution in [2.45, 2.75) is 37.8 Å². The summed E-state index contributed by atoms with van der Waals surface area (Å²) < 4.78 is 5.84. The third-order valence-electron chi connectivity index (χ3n) is 3.38. The van der Waals surface area contributed by atoms with Crippen molar-refractivity contribution >= 4 is 0 Å². The van der Waals surface area contributed by atoms with Gasteiger partial charge in [0.15, 0.2) is 0 Å². The maximum Gasteiger partial charge on any atom is 0.122 e. The Balaban J connectivity index is 1.96. The van der Waals surface area contributed by atoms with Gasteiger partial charge in [-0.05, 0) is 37.8 Å². The fourth-order valence-electron chi connectivity index (χ4n) is 2.06. The molecule has 106 valence electrons. The quantitative estimate of drug-likeness (QED) is 0.659. The van der Waals surface area contributed by atoms with Crippen molar-refractivity contribution in [3.8, 4) is 5.75 Å². The van der Waals surface area contributed by atoms with Gasteiger partial charge in [0.05, 0.1) is 12.1 Å². The van der Waals surface area contributed by atoms with Gasteiger partial charge in [-0.3, -0.25) is 0 Å². The Hall–Kier alpha value is -1.10. The number of ether oxygens (including phenoxy) is 1. The second kappa shape index (κ2) is 6.37. The van der Waals surface area contributed by atoms with Crippen LogP contribution in [0.2, 0.25) is 0 Å². The molecule has 1 atom stereocenters. The first kappa shape index (κ1) is 14.3. The molecule has 1 unspecified atom stereocenters. The van der Waals surface area contributed by atoms with Crippen LogP contribution in [0.4, 0.5) is 0 Å². The third-order valence-corrected chi connectivity index (χ3v) is 3.38. The van der Waals surface area contributed by atoms with E-state index in [1.807, 2.05) is 31.2 Å². The minimum Gasteiger partial charge on any atom is -0.491 e. The Bertz CT molecular complexity index is 406. The largest absolute Gasteiger partial charge is 0.491 e. The number of rotatable bonds is 8. The minimum absolute atomic E-state index is 0.0473. The molecule has 0 amide bonds. The first-order chi connectivity index (χ1) is 9.17. The third kappa shape index (κ3) is 4.20. The number of hydrogen-bond donors (Lipinski definition) is 3. The molecule has 0 aliphatic heterocycles. The molecule has 1 aromatic carbocycles. The van der Waals surface area contributed by atoms with Crippen LogP contribution >= 0.6 is 0 Å². The SMILES string of the molecule is CC(CO)(COc1ccccc1CCO)NC1CC1. The maximum absolute atomic E-state index is 9.53. The predicted molar refractivity (Wildman–Crippen MR) is 74.4 cm³/mol. The van der Waals surface area contributed by atoms with E-state index in [0.717, 1.165) is 11.3 Å². The Morgan fingerprint density at radius 2 is 2.05 bits per heavy atom. The van der Waals surface area contributed by atoms with Gasteiger partial charge in [-0.2, -0.15) is 0 Å². The normalized spacial score (nSPS) is 18.1. The van der Waals surface area contributed by atoms with Gasteiger partial charge in [0.2, 0.25) is 0 Å². The van der Waals surface area contributed by atoms with Crippen molar-refractivity contribution in [3.05, 3.63) is 29.8 Å². The molecule has 19 heavy (non-hydrogen) atoms. The van der Waals surface area contributed by atoms with Crippen molar-refractivity contribution in [2.75, 3.05) is 19.8 Å². The molecular weight excluding hydrogens is 242 g/mol. The summed E-state index contributed by atoms with van der Waals surface area (Å²) in [7, 11) is 0. The van der Waals surface area contributed by atoms with Gasteiger partial charge in [0.1, 0.15) is 12.4 Å². The van der Waals surface area contributed by atoms with Crippen LogP contribution in [0.1, 0.15) is 25.3 Å². The Labute approximate surface area is 114 Å². The molecule has 0 radical (unpaired) electrons. The van der Waals surface area contributed by atoms with Crippen molar-refractivity contribution in [1.82, 2.24) is 5.32 Å². The summed E-state index contributed by atoms with van der Waals surface area (Å²) in [6.07, 6.45) is 2.94. The minimum atomic E-state index is -0.409. The highest BCUT2D eigenvalue weighted by atomic mass is 16.5. The first-order valence-corrected chi connectivity index (χ1v) is 6.87. The van der Waals surface area contributed by atoms with E-state index < -0.39 is 5.54 Å². The van der Waals surface area contributed by atoms with E-state index in [1.54, 1.807) is 0 Å². The highest BCUT2D eigenvalue weighted by Gasteiger charge is 2.32. The summed E-state index contributed by atoms with van der Waals surface area (Å²) in [4.78, 5) is 0. The van der Waals surface area contributed by atoms with Gasteiger partial charge in [0.25, 0.3) is 0 Å². The molecule has 0 saturated heterocycles. The van der Waals surface area contributed by atoms with E-state index >= 15 is 0 Å². The summed E-state index contributed by atoms with van der Waals surface area (Å²) in [5.74, 6) is 0.786. The standard InChI is InChI=1S/C15H23NO3/c1-15(10-18,16-13-6-7-13)11-19-14-5-3-2-4-12(14)8-9-17/h2-5,13,16-18H,6-11H2,1H3. The zero-order valence-electron chi connectivity index (χ0n) is 11.4. The molecule has 1 saturated carbocycles. The van der Waals surface area contributed by atoms with Crippen molar-refractivity contribution in [1.29, 1.82) is 0 Å². The molecule has 4 nitrogen and oxygen atoms in total. The van der Waals surface area contributed by atoms with E-state index in [1.165, 1.54) is 12.8 Å². The lowest BCUT2D eigenvalue weighted by Crippen LogP contribution is -2.51. The zero-order valence-corrected chi connectivity index (χ0v) is 11.4. The van der Waals surface area contributed by atoms with Crippen LogP contribution in [-0.2, 0) is 6.42 Å². The van der Waals surface area contributed by atoms with Gasteiger partial charge in [-0.25, -0.2) is 0 Å². The van der Waals surface area contributed by atoms with Gasteiger partial charge in [-0.15, -0.1) is 0 Å². The van der Waals surface area contributed by atoms with Crippen LogP contribution in [0.25, 0.3) is 0 Å². The van der Waals surface area contributed by atoms with Crippen LogP contribution in [0.15, 0.2) is 24.3 Å². The van der Waals surface area contributed by atoms with E-state index in [-0.39, 0.29) is 13.2 Å². The Morgan fingerprint density at radius 3 is 2.68 bits per heavy atom. The Kier molecular flexibility index (Phi) is 4.80. The second-order valence-electron chi connectivity index (χ2n) is 5.51. The van der Waals surface area contributed by atoms with E-state index in [0.29, 0.717) is 19.1 Å². The van der Waals surface area contributed by atoms with Gasteiger partial charge in [-0.1, -0.05) is 18.2 Å². The molecule has 3 N–H and O–H groups in total. The van der Waals surface area contributed by atoms with Crippen LogP contribution in [0.5, 0.6) is 5.75 Å². The number of nitrogens with one attached hydrogen (secondary N) is 1. The summed E-state index contributed by atoms with van der Waals surface area (Å²) in [5.41, 5.74) is 0.588. The van der Waals surface area contributed by atoms with Crippen molar-refractivity contribution < 1.29 is 14.9 Å².